The van der Waals surface area contributed by atoms with Crippen LogP contribution in [0.1, 0.15) is 22.0 Å². The first-order valence-corrected chi connectivity index (χ1v) is 6.26. The van der Waals surface area contributed by atoms with Crippen LogP contribution in [0.25, 0.3) is 5.57 Å². The molecule has 15 heavy (non-hydrogen) atoms. The molecule has 0 fully saturated rings. The molecule has 0 amide bonds. The first kappa shape index (κ1) is 10.7. The van der Waals surface area contributed by atoms with Gasteiger partial charge < -0.3 is 0 Å². The van der Waals surface area contributed by atoms with Crippen molar-refractivity contribution in [2.24, 2.45) is 0 Å². The van der Waals surface area contributed by atoms with Crippen LogP contribution in [0.2, 0.25) is 0 Å². The normalized spacial score (nSPS) is 19.7. The lowest BCUT2D eigenvalue weighted by molar-refractivity contribution is 1.26. The first-order chi connectivity index (χ1) is 7.29. The zero-order chi connectivity index (χ0) is 10.8. The molecular formula is C14H13I. The summed E-state index contributed by atoms with van der Waals surface area (Å²) < 4.78 is 0.447. The highest BCUT2D eigenvalue weighted by Crippen LogP contribution is 2.46. The minimum atomic E-state index is 0.447. The summed E-state index contributed by atoms with van der Waals surface area (Å²) >= 11 is 2.48. The van der Waals surface area contributed by atoms with Gasteiger partial charge in [-0.3, -0.25) is 0 Å². The lowest BCUT2D eigenvalue weighted by Crippen LogP contribution is -1.85. The van der Waals surface area contributed by atoms with Gasteiger partial charge in [0.1, 0.15) is 0 Å². The van der Waals surface area contributed by atoms with Crippen molar-refractivity contribution < 1.29 is 0 Å². The maximum Gasteiger partial charge on any atom is 0.0620 e. The van der Waals surface area contributed by atoms with Crippen LogP contribution >= 0.6 is 22.6 Å². The molecule has 0 saturated carbocycles. The highest BCUT2D eigenvalue weighted by Gasteiger charge is 2.25. The molecule has 1 unspecified atom stereocenters. The molecule has 0 aliphatic heterocycles. The predicted molar refractivity (Wildman–Crippen MR) is 75.1 cm³/mol. The van der Waals surface area contributed by atoms with E-state index in [-0.39, 0.29) is 0 Å². The molecule has 0 N–H and O–H groups in total. The molecule has 0 saturated heterocycles. The molecule has 0 aromatic heterocycles. The number of alkyl halides is 1. The highest BCUT2D eigenvalue weighted by molar-refractivity contribution is 14.1. The van der Waals surface area contributed by atoms with Crippen LogP contribution < -0.4 is 0 Å². The summed E-state index contributed by atoms with van der Waals surface area (Å²) in [6.07, 6.45) is 6.24. The maximum atomic E-state index is 3.91. The second-order valence-corrected chi connectivity index (χ2v) is 4.77. The summed E-state index contributed by atoms with van der Waals surface area (Å²) in [7, 11) is 0. The van der Waals surface area contributed by atoms with Gasteiger partial charge >= 0.3 is 0 Å². The van der Waals surface area contributed by atoms with Crippen molar-refractivity contribution in [2.45, 2.75) is 10.8 Å². The van der Waals surface area contributed by atoms with Gasteiger partial charge in [-0.1, -0.05) is 71.7 Å². The number of halogens is 1. The molecule has 1 aliphatic rings. The lowest BCUT2D eigenvalue weighted by atomic mass is 10.1. The Bertz CT molecular complexity index is 452. The second kappa shape index (κ2) is 4.35. The Morgan fingerprint density at radius 3 is 2.73 bits per heavy atom. The van der Waals surface area contributed by atoms with Crippen LogP contribution in [0.4, 0.5) is 0 Å². The summed E-state index contributed by atoms with van der Waals surface area (Å²) in [4.78, 5) is 0. The standard InChI is InChI=1S/C14H13I/c1-3-7-11-10(4-2)14(15)13-9-6-5-8-12(11)13/h3-9,14H,2H2,1H3/b7-3-. The minimum absolute atomic E-state index is 0.447. The molecule has 1 aliphatic carbocycles. The third-order valence-electron chi connectivity index (χ3n) is 2.66. The van der Waals surface area contributed by atoms with Crippen LogP contribution in [0, 0.1) is 0 Å². The molecule has 0 bridgehead atoms. The van der Waals surface area contributed by atoms with E-state index < -0.39 is 0 Å². The van der Waals surface area contributed by atoms with Crippen molar-refractivity contribution in [3.05, 3.63) is 65.8 Å². The highest BCUT2D eigenvalue weighted by atomic mass is 127. The molecule has 1 atom stereocenters. The molecular weight excluding hydrogens is 295 g/mol. The first-order valence-electron chi connectivity index (χ1n) is 5.02. The Labute approximate surface area is 105 Å². The van der Waals surface area contributed by atoms with E-state index in [1.165, 1.54) is 22.3 Å². The zero-order valence-corrected chi connectivity index (χ0v) is 10.9. The Balaban J connectivity index is 2.64. The maximum absolute atomic E-state index is 3.91. The van der Waals surface area contributed by atoms with Crippen molar-refractivity contribution in [1.82, 2.24) is 0 Å². The topological polar surface area (TPSA) is 0 Å². The zero-order valence-electron chi connectivity index (χ0n) is 8.70. The number of fused-ring (bicyclic) bond motifs is 1. The molecule has 1 heteroatoms. The monoisotopic (exact) mass is 308 g/mol. The van der Waals surface area contributed by atoms with Gasteiger partial charge in [0.2, 0.25) is 0 Å². The summed E-state index contributed by atoms with van der Waals surface area (Å²) in [5, 5.41) is 0. The van der Waals surface area contributed by atoms with E-state index in [1.807, 2.05) is 6.08 Å². The molecule has 1 aromatic rings. The number of allylic oxidation sites excluding steroid dienone is 5. The van der Waals surface area contributed by atoms with E-state index in [1.54, 1.807) is 0 Å². The summed E-state index contributed by atoms with van der Waals surface area (Å²) in [5.41, 5.74) is 5.41. The van der Waals surface area contributed by atoms with Crippen molar-refractivity contribution in [2.75, 3.05) is 0 Å². The van der Waals surface area contributed by atoms with Gasteiger partial charge in [-0.25, -0.2) is 0 Å². The summed E-state index contributed by atoms with van der Waals surface area (Å²) in [6.45, 7) is 5.96. The molecule has 0 nitrogen and oxygen atoms in total. The van der Waals surface area contributed by atoms with E-state index >= 15 is 0 Å². The van der Waals surface area contributed by atoms with Crippen molar-refractivity contribution in [1.29, 1.82) is 0 Å². The number of rotatable bonds is 2. The average Bonchev–Trinajstić information content (AvgIpc) is 2.54. The number of benzene rings is 1. The van der Waals surface area contributed by atoms with Crippen LogP contribution in [-0.2, 0) is 0 Å². The minimum Gasteiger partial charge on any atom is -0.0987 e. The van der Waals surface area contributed by atoms with Crippen LogP contribution in [0.15, 0.2) is 54.6 Å². The SMILES string of the molecule is C=CC1=C(/C=C\C)c2ccccc2C1I. The Hall–Kier alpha value is -0.830. The van der Waals surface area contributed by atoms with Crippen molar-refractivity contribution >= 4 is 28.2 Å². The summed E-state index contributed by atoms with van der Waals surface area (Å²) in [5.74, 6) is 0. The van der Waals surface area contributed by atoms with Crippen molar-refractivity contribution in [3.8, 4) is 0 Å². The quantitative estimate of drug-likeness (QED) is 0.549. The molecule has 0 heterocycles. The van der Waals surface area contributed by atoms with E-state index in [9.17, 15) is 0 Å². The van der Waals surface area contributed by atoms with Crippen LogP contribution in [-0.4, -0.2) is 0 Å². The van der Waals surface area contributed by atoms with Gasteiger partial charge in [-0.05, 0) is 29.2 Å². The molecule has 76 valence electrons. The molecule has 0 radical (unpaired) electrons. The fourth-order valence-corrected chi connectivity index (χ4v) is 3.12. The summed E-state index contributed by atoms with van der Waals surface area (Å²) in [6, 6.07) is 8.58. The number of hydrogen-bond acceptors (Lipinski definition) is 0. The molecule has 1 aromatic carbocycles. The Kier molecular flexibility index (Phi) is 3.10. The Morgan fingerprint density at radius 1 is 1.33 bits per heavy atom. The average molecular weight is 308 g/mol. The fourth-order valence-electron chi connectivity index (χ4n) is 1.99. The van der Waals surface area contributed by atoms with Gasteiger partial charge in [0, 0.05) is 0 Å². The fraction of sp³-hybridized carbons (Fsp3) is 0.143. The smallest absolute Gasteiger partial charge is 0.0620 e. The lowest BCUT2D eigenvalue weighted by Gasteiger charge is -2.04. The second-order valence-electron chi connectivity index (χ2n) is 3.52. The van der Waals surface area contributed by atoms with Crippen molar-refractivity contribution in [3.63, 3.8) is 0 Å². The van der Waals surface area contributed by atoms with E-state index in [0.29, 0.717) is 3.92 Å². The van der Waals surface area contributed by atoms with Gasteiger partial charge in [0.25, 0.3) is 0 Å². The van der Waals surface area contributed by atoms with Crippen LogP contribution in [0.3, 0.4) is 0 Å². The third kappa shape index (κ3) is 1.69. The van der Waals surface area contributed by atoms with Gasteiger partial charge in [-0.2, -0.15) is 0 Å². The van der Waals surface area contributed by atoms with E-state index in [4.69, 9.17) is 0 Å². The van der Waals surface area contributed by atoms with Gasteiger partial charge in [0.15, 0.2) is 0 Å². The Morgan fingerprint density at radius 2 is 2.07 bits per heavy atom. The van der Waals surface area contributed by atoms with E-state index in [2.05, 4.69) is 72.5 Å². The number of hydrogen-bond donors (Lipinski definition) is 0. The predicted octanol–water partition coefficient (Wildman–Crippen LogP) is 4.69. The van der Waals surface area contributed by atoms with Crippen LogP contribution in [0.5, 0.6) is 0 Å². The largest absolute Gasteiger partial charge is 0.0987 e. The van der Waals surface area contributed by atoms with E-state index in [0.717, 1.165) is 0 Å². The molecule has 2 rings (SSSR count). The molecule has 0 spiro atoms. The van der Waals surface area contributed by atoms with Gasteiger partial charge in [-0.15, -0.1) is 0 Å². The van der Waals surface area contributed by atoms with Gasteiger partial charge in [0.05, 0.1) is 3.92 Å². The third-order valence-corrected chi connectivity index (χ3v) is 4.00.